The van der Waals surface area contributed by atoms with Crippen LogP contribution in [0.15, 0.2) is 0 Å². The van der Waals surface area contributed by atoms with Gasteiger partial charge in [-0.1, -0.05) is 155 Å². The lowest BCUT2D eigenvalue weighted by atomic mass is 10.1. The number of carbonyl (C=O) groups excluding carboxylic acids is 1. The third-order valence-corrected chi connectivity index (χ3v) is 9.57. The first-order valence-corrected chi connectivity index (χ1v) is 20.9. The summed E-state index contributed by atoms with van der Waals surface area (Å²) in [7, 11) is 1.71. The second kappa shape index (κ2) is 34.2. The van der Waals surface area contributed by atoms with E-state index >= 15 is 0 Å². The van der Waals surface area contributed by atoms with Crippen molar-refractivity contribution in [1.29, 1.82) is 0 Å². The van der Waals surface area contributed by atoms with Crippen LogP contribution in [-0.2, 0) is 23.7 Å². The van der Waals surface area contributed by atoms with Crippen LogP contribution < -0.4 is 5.32 Å². The van der Waals surface area contributed by atoms with Crippen molar-refractivity contribution in [2.24, 2.45) is 0 Å². The molecular weight excluding hydrogens is 614 g/mol. The van der Waals surface area contributed by atoms with E-state index in [0.717, 1.165) is 19.3 Å². The maximum absolute atomic E-state index is 12.8. The van der Waals surface area contributed by atoms with Gasteiger partial charge in [-0.05, 0) is 47.0 Å². The Kier molecular flexibility index (Phi) is 33.6. The van der Waals surface area contributed by atoms with Crippen LogP contribution in [0.2, 0.25) is 0 Å². The molecular formula is C42H85NO6. The quantitative estimate of drug-likeness (QED) is 0.0647. The predicted octanol–water partition coefficient (Wildman–Crippen LogP) is 12.1. The van der Waals surface area contributed by atoms with Gasteiger partial charge in [-0.25, -0.2) is 4.79 Å². The predicted molar refractivity (Wildman–Crippen MR) is 208 cm³/mol. The fourth-order valence-corrected chi connectivity index (χ4v) is 5.84. The van der Waals surface area contributed by atoms with Crippen molar-refractivity contribution in [3.8, 4) is 0 Å². The zero-order valence-electron chi connectivity index (χ0n) is 33.9. The SMILES string of the molecule is CCCCCCCCCCCCCCOCC(COCCCCCCCCCCCCCC)OC(=O)NCC(C)(C)OCCC(C)(C)OC. The summed E-state index contributed by atoms with van der Waals surface area (Å²) in [6, 6.07) is 0. The van der Waals surface area contributed by atoms with Gasteiger partial charge in [0, 0.05) is 26.9 Å². The van der Waals surface area contributed by atoms with Crippen LogP contribution >= 0.6 is 0 Å². The first kappa shape index (κ1) is 48.1. The van der Waals surface area contributed by atoms with E-state index in [-0.39, 0.29) is 5.60 Å². The van der Waals surface area contributed by atoms with Crippen molar-refractivity contribution in [3.63, 3.8) is 0 Å². The first-order chi connectivity index (χ1) is 23.7. The molecule has 7 nitrogen and oxygen atoms in total. The van der Waals surface area contributed by atoms with Gasteiger partial charge in [0.1, 0.15) is 0 Å². The number of amides is 1. The van der Waals surface area contributed by atoms with Crippen molar-refractivity contribution in [1.82, 2.24) is 5.32 Å². The molecule has 0 aromatic rings. The van der Waals surface area contributed by atoms with Crippen molar-refractivity contribution in [3.05, 3.63) is 0 Å². The average molecular weight is 700 g/mol. The Balaban J connectivity index is 4.31. The number of hydrogen-bond acceptors (Lipinski definition) is 6. The van der Waals surface area contributed by atoms with E-state index < -0.39 is 17.8 Å². The summed E-state index contributed by atoms with van der Waals surface area (Å²) in [5.74, 6) is 0. The molecule has 0 rings (SSSR count). The van der Waals surface area contributed by atoms with E-state index in [1.54, 1.807) is 7.11 Å². The molecule has 0 fully saturated rings. The minimum Gasteiger partial charge on any atom is -0.441 e. The largest absolute Gasteiger partial charge is 0.441 e. The maximum Gasteiger partial charge on any atom is 0.407 e. The lowest BCUT2D eigenvalue weighted by molar-refractivity contribution is -0.0589. The van der Waals surface area contributed by atoms with Crippen LogP contribution in [0.5, 0.6) is 0 Å². The summed E-state index contributed by atoms with van der Waals surface area (Å²) in [4.78, 5) is 12.8. The van der Waals surface area contributed by atoms with E-state index in [9.17, 15) is 4.79 Å². The number of nitrogens with one attached hydrogen (secondary N) is 1. The number of rotatable bonds is 38. The molecule has 0 saturated heterocycles. The van der Waals surface area contributed by atoms with Crippen molar-refractivity contribution in [2.45, 2.75) is 219 Å². The molecule has 0 unspecified atom stereocenters. The summed E-state index contributed by atoms with van der Waals surface area (Å²) >= 11 is 0. The summed E-state index contributed by atoms with van der Waals surface area (Å²) in [5, 5.41) is 2.89. The summed E-state index contributed by atoms with van der Waals surface area (Å²) in [6.45, 7) is 15.6. The number of unbranched alkanes of at least 4 members (excludes halogenated alkanes) is 22. The molecule has 0 aromatic heterocycles. The van der Waals surface area contributed by atoms with E-state index in [0.29, 0.717) is 39.6 Å². The number of carbonyl (C=O) groups is 1. The van der Waals surface area contributed by atoms with Crippen LogP contribution in [-0.4, -0.2) is 70.1 Å². The molecule has 0 aliphatic rings. The van der Waals surface area contributed by atoms with Gasteiger partial charge in [0.15, 0.2) is 6.10 Å². The highest BCUT2D eigenvalue weighted by Crippen LogP contribution is 2.17. The summed E-state index contributed by atoms with van der Waals surface area (Å²) in [6.07, 6.45) is 31.6. The molecule has 0 spiro atoms. The van der Waals surface area contributed by atoms with Crippen LogP contribution in [0, 0.1) is 0 Å². The number of alkyl carbamates (subject to hydrolysis) is 1. The molecule has 0 aliphatic carbocycles. The monoisotopic (exact) mass is 700 g/mol. The highest BCUT2D eigenvalue weighted by atomic mass is 16.6. The van der Waals surface area contributed by atoms with Gasteiger partial charge in [0.05, 0.1) is 31.0 Å². The molecule has 0 saturated carbocycles. The third-order valence-electron chi connectivity index (χ3n) is 9.57. The fourth-order valence-electron chi connectivity index (χ4n) is 5.84. The molecule has 294 valence electrons. The Bertz CT molecular complexity index is 669. The number of methoxy groups -OCH3 is 1. The van der Waals surface area contributed by atoms with Gasteiger partial charge in [0.25, 0.3) is 0 Å². The molecule has 0 heterocycles. The third kappa shape index (κ3) is 35.3. The molecule has 7 heteroatoms. The Labute approximate surface area is 305 Å². The van der Waals surface area contributed by atoms with E-state index in [1.807, 2.05) is 27.7 Å². The lowest BCUT2D eigenvalue weighted by Crippen LogP contribution is -2.43. The van der Waals surface area contributed by atoms with Gasteiger partial charge < -0.3 is 29.0 Å². The van der Waals surface area contributed by atoms with Crippen molar-refractivity contribution < 1.29 is 28.5 Å². The fraction of sp³-hybridized carbons (Fsp3) is 0.976. The minimum absolute atomic E-state index is 0.240. The van der Waals surface area contributed by atoms with E-state index in [4.69, 9.17) is 23.7 Å². The van der Waals surface area contributed by atoms with Crippen molar-refractivity contribution in [2.75, 3.05) is 46.7 Å². The van der Waals surface area contributed by atoms with Gasteiger partial charge in [-0.15, -0.1) is 0 Å². The molecule has 0 aliphatic heterocycles. The molecule has 0 radical (unpaired) electrons. The normalized spacial score (nSPS) is 12.2. The minimum atomic E-state index is -0.519. The molecule has 49 heavy (non-hydrogen) atoms. The molecule has 1 N–H and O–H groups in total. The molecule has 1 amide bonds. The summed E-state index contributed by atoms with van der Waals surface area (Å²) < 4.78 is 29.2. The van der Waals surface area contributed by atoms with Gasteiger partial charge in [0.2, 0.25) is 0 Å². The van der Waals surface area contributed by atoms with Gasteiger partial charge >= 0.3 is 6.09 Å². The Morgan fingerprint density at radius 1 is 0.531 bits per heavy atom. The smallest absolute Gasteiger partial charge is 0.407 e. The molecule has 0 aromatic carbocycles. The van der Waals surface area contributed by atoms with Crippen LogP contribution in [0.25, 0.3) is 0 Å². The first-order valence-electron chi connectivity index (χ1n) is 20.9. The van der Waals surface area contributed by atoms with Crippen LogP contribution in [0.3, 0.4) is 0 Å². The van der Waals surface area contributed by atoms with Crippen LogP contribution in [0.4, 0.5) is 4.79 Å². The van der Waals surface area contributed by atoms with E-state index in [1.165, 1.54) is 141 Å². The Morgan fingerprint density at radius 3 is 1.27 bits per heavy atom. The highest BCUT2D eigenvalue weighted by molar-refractivity contribution is 5.67. The standard InChI is InChI=1S/C42H85NO6/c1-8-10-12-14-16-18-20-22-24-26-28-30-33-46-36-39(37-47-34-31-29-27-25-23-21-19-17-15-13-11-9-2)49-40(44)43-38-42(5,6)48-35-32-41(3,4)45-7/h39H,8-38H2,1-7H3,(H,43,44). The molecule has 0 atom stereocenters. The van der Waals surface area contributed by atoms with Gasteiger partial charge in [-0.3, -0.25) is 0 Å². The topological polar surface area (TPSA) is 75.3 Å². The lowest BCUT2D eigenvalue weighted by Gasteiger charge is -2.29. The second-order valence-electron chi connectivity index (χ2n) is 15.6. The zero-order chi connectivity index (χ0) is 36.3. The summed E-state index contributed by atoms with van der Waals surface area (Å²) in [5.41, 5.74) is -0.759. The Hall–Kier alpha value is -0.890. The number of ether oxygens (including phenoxy) is 5. The van der Waals surface area contributed by atoms with Crippen molar-refractivity contribution >= 4 is 6.09 Å². The van der Waals surface area contributed by atoms with E-state index in [2.05, 4.69) is 19.2 Å². The average Bonchev–Trinajstić information content (AvgIpc) is 3.07. The molecule has 0 bridgehead atoms. The van der Waals surface area contributed by atoms with Gasteiger partial charge in [-0.2, -0.15) is 0 Å². The number of hydrogen-bond donors (Lipinski definition) is 1. The Morgan fingerprint density at radius 2 is 0.898 bits per heavy atom. The highest BCUT2D eigenvalue weighted by Gasteiger charge is 2.24. The zero-order valence-corrected chi connectivity index (χ0v) is 33.9. The van der Waals surface area contributed by atoms with Crippen LogP contribution in [0.1, 0.15) is 202 Å². The maximum atomic E-state index is 12.8. The second-order valence-corrected chi connectivity index (χ2v) is 15.6.